The summed E-state index contributed by atoms with van der Waals surface area (Å²) < 4.78 is 11.7. The van der Waals surface area contributed by atoms with Crippen LogP contribution in [0.2, 0.25) is 0 Å². The van der Waals surface area contributed by atoms with Crippen LogP contribution in [0.4, 0.5) is 0 Å². The zero-order valence-electron chi connectivity index (χ0n) is 12.4. The van der Waals surface area contributed by atoms with E-state index < -0.39 is 0 Å². The maximum Gasteiger partial charge on any atom is 0.119 e. The van der Waals surface area contributed by atoms with Crippen LogP contribution in [-0.2, 0) is 4.74 Å². The summed E-state index contributed by atoms with van der Waals surface area (Å²) in [5.74, 6) is 0.917. The Labute approximate surface area is 116 Å². The first-order valence-corrected chi connectivity index (χ1v) is 7.08. The quantitative estimate of drug-likeness (QED) is 0.884. The van der Waals surface area contributed by atoms with Crippen molar-refractivity contribution in [2.75, 3.05) is 13.7 Å². The molecule has 0 aliphatic carbocycles. The van der Waals surface area contributed by atoms with Gasteiger partial charge < -0.3 is 14.8 Å². The van der Waals surface area contributed by atoms with Gasteiger partial charge in [0, 0.05) is 6.04 Å². The molecule has 19 heavy (non-hydrogen) atoms. The minimum Gasteiger partial charge on any atom is -0.491 e. The van der Waals surface area contributed by atoms with Gasteiger partial charge in [-0.15, -0.1) is 0 Å². The maximum absolute atomic E-state index is 5.91. The predicted molar refractivity (Wildman–Crippen MR) is 77.6 cm³/mol. The SMILES string of the molecule is CNC(C)c1ccc(OCC2CCC(C)(C)O2)cc1. The molecule has 2 rings (SSSR count). The average molecular weight is 263 g/mol. The summed E-state index contributed by atoms with van der Waals surface area (Å²) >= 11 is 0. The molecular formula is C16H25NO2. The molecule has 1 aliphatic rings. The molecule has 3 heteroatoms. The summed E-state index contributed by atoms with van der Waals surface area (Å²) in [7, 11) is 1.97. The van der Waals surface area contributed by atoms with Crippen LogP contribution in [0.1, 0.15) is 45.2 Å². The van der Waals surface area contributed by atoms with Gasteiger partial charge in [0.25, 0.3) is 0 Å². The zero-order chi connectivity index (χ0) is 13.9. The molecule has 2 unspecified atom stereocenters. The largest absolute Gasteiger partial charge is 0.491 e. The van der Waals surface area contributed by atoms with E-state index in [0.29, 0.717) is 12.6 Å². The van der Waals surface area contributed by atoms with Crippen molar-refractivity contribution >= 4 is 0 Å². The summed E-state index contributed by atoms with van der Waals surface area (Å²) in [6.45, 7) is 7.07. The van der Waals surface area contributed by atoms with E-state index in [9.17, 15) is 0 Å². The molecule has 1 fully saturated rings. The number of nitrogens with one attached hydrogen (secondary N) is 1. The van der Waals surface area contributed by atoms with E-state index in [1.54, 1.807) is 0 Å². The Hall–Kier alpha value is -1.06. The van der Waals surface area contributed by atoms with E-state index in [1.807, 2.05) is 19.2 Å². The monoisotopic (exact) mass is 263 g/mol. The van der Waals surface area contributed by atoms with Gasteiger partial charge in [-0.05, 0) is 58.4 Å². The van der Waals surface area contributed by atoms with Gasteiger partial charge in [0.15, 0.2) is 0 Å². The Balaban J connectivity index is 1.84. The Bertz CT molecular complexity index is 400. The number of hydrogen-bond donors (Lipinski definition) is 1. The second-order valence-corrected chi connectivity index (χ2v) is 5.93. The smallest absolute Gasteiger partial charge is 0.119 e. The predicted octanol–water partition coefficient (Wildman–Crippen LogP) is 3.30. The molecule has 2 atom stereocenters. The molecule has 0 bridgehead atoms. The average Bonchev–Trinajstić information content (AvgIpc) is 2.76. The highest BCUT2D eigenvalue weighted by Gasteiger charge is 2.31. The highest BCUT2D eigenvalue weighted by Crippen LogP contribution is 2.29. The van der Waals surface area contributed by atoms with Crippen molar-refractivity contribution in [1.29, 1.82) is 0 Å². The third-order valence-electron chi connectivity index (χ3n) is 3.80. The van der Waals surface area contributed by atoms with Crippen molar-refractivity contribution in [3.63, 3.8) is 0 Å². The summed E-state index contributed by atoms with van der Waals surface area (Å²) in [6.07, 6.45) is 2.42. The van der Waals surface area contributed by atoms with Gasteiger partial charge in [0.1, 0.15) is 12.4 Å². The number of benzene rings is 1. The lowest BCUT2D eigenvalue weighted by molar-refractivity contribution is -0.0326. The summed E-state index contributed by atoms with van der Waals surface area (Å²) in [4.78, 5) is 0. The van der Waals surface area contributed by atoms with Gasteiger partial charge in [-0.3, -0.25) is 0 Å². The van der Waals surface area contributed by atoms with Gasteiger partial charge >= 0.3 is 0 Å². The summed E-state index contributed by atoms with van der Waals surface area (Å²) in [6, 6.07) is 8.64. The topological polar surface area (TPSA) is 30.5 Å². The molecule has 106 valence electrons. The van der Waals surface area contributed by atoms with Crippen LogP contribution in [0.25, 0.3) is 0 Å². The summed E-state index contributed by atoms with van der Waals surface area (Å²) in [5.41, 5.74) is 1.29. The zero-order valence-corrected chi connectivity index (χ0v) is 12.4. The fraction of sp³-hybridized carbons (Fsp3) is 0.625. The molecule has 0 aromatic heterocycles. The van der Waals surface area contributed by atoms with Crippen molar-refractivity contribution < 1.29 is 9.47 Å². The van der Waals surface area contributed by atoms with Crippen LogP contribution in [0.15, 0.2) is 24.3 Å². The Morgan fingerprint density at radius 1 is 1.37 bits per heavy atom. The Kier molecular flexibility index (Phi) is 4.48. The molecule has 1 N–H and O–H groups in total. The van der Waals surface area contributed by atoms with Gasteiger partial charge in [-0.1, -0.05) is 12.1 Å². The minimum atomic E-state index is 0.0140. The first-order valence-electron chi connectivity index (χ1n) is 7.08. The fourth-order valence-corrected chi connectivity index (χ4v) is 2.40. The lowest BCUT2D eigenvalue weighted by Crippen LogP contribution is -2.23. The lowest BCUT2D eigenvalue weighted by atomic mass is 10.1. The number of ether oxygens (including phenoxy) is 2. The van der Waals surface area contributed by atoms with E-state index in [0.717, 1.165) is 18.6 Å². The molecule has 1 aromatic rings. The van der Waals surface area contributed by atoms with E-state index >= 15 is 0 Å². The first-order chi connectivity index (χ1) is 9.00. The molecule has 0 amide bonds. The number of hydrogen-bond acceptors (Lipinski definition) is 3. The Morgan fingerprint density at radius 2 is 2.05 bits per heavy atom. The molecule has 1 saturated heterocycles. The van der Waals surface area contributed by atoms with E-state index in [4.69, 9.17) is 9.47 Å². The molecule has 1 aromatic carbocycles. The van der Waals surface area contributed by atoms with Crippen LogP contribution in [0.5, 0.6) is 5.75 Å². The maximum atomic E-state index is 5.91. The molecule has 1 heterocycles. The molecule has 0 spiro atoms. The van der Waals surface area contributed by atoms with E-state index in [2.05, 4.69) is 38.2 Å². The van der Waals surface area contributed by atoms with Crippen LogP contribution in [0.3, 0.4) is 0 Å². The first kappa shape index (κ1) is 14.4. The van der Waals surface area contributed by atoms with Crippen LogP contribution < -0.4 is 10.1 Å². The fourth-order valence-electron chi connectivity index (χ4n) is 2.40. The van der Waals surface area contributed by atoms with Crippen molar-refractivity contribution in [1.82, 2.24) is 5.32 Å². The standard InChI is InChI=1S/C16H25NO2/c1-12(17-4)13-5-7-14(8-6-13)18-11-15-9-10-16(2,3)19-15/h5-8,12,15,17H,9-11H2,1-4H3. The second kappa shape index (κ2) is 5.93. The Morgan fingerprint density at radius 3 is 2.58 bits per heavy atom. The molecule has 3 nitrogen and oxygen atoms in total. The van der Waals surface area contributed by atoms with Gasteiger partial charge in [-0.2, -0.15) is 0 Å². The highest BCUT2D eigenvalue weighted by molar-refractivity contribution is 5.28. The molecule has 0 saturated carbocycles. The molecule has 0 radical (unpaired) electrons. The molecule has 1 aliphatic heterocycles. The van der Waals surface area contributed by atoms with Crippen molar-refractivity contribution in [2.24, 2.45) is 0 Å². The normalized spacial score (nSPS) is 23.3. The van der Waals surface area contributed by atoms with Crippen molar-refractivity contribution in [2.45, 2.75) is 51.4 Å². The summed E-state index contributed by atoms with van der Waals surface area (Å²) in [5, 5.41) is 3.23. The van der Waals surface area contributed by atoms with Crippen molar-refractivity contribution in [3.8, 4) is 5.75 Å². The third kappa shape index (κ3) is 3.95. The second-order valence-electron chi connectivity index (χ2n) is 5.93. The van der Waals surface area contributed by atoms with Crippen LogP contribution in [0, 0.1) is 0 Å². The van der Waals surface area contributed by atoms with Gasteiger partial charge in [0.2, 0.25) is 0 Å². The van der Waals surface area contributed by atoms with Crippen molar-refractivity contribution in [3.05, 3.63) is 29.8 Å². The highest BCUT2D eigenvalue weighted by atomic mass is 16.6. The minimum absolute atomic E-state index is 0.0140. The van der Waals surface area contributed by atoms with E-state index in [-0.39, 0.29) is 11.7 Å². The van der Waals surface area contributed by atoms with Crippen LogP contribution in [-0.4, -0.2) is 25.4 Å². The van der Waals surface area contributed by atoms with Crippen LogP contribution >= 0.6 is 0 Å². The molecular weight excluding hydrogens is 238 g/mol. The van der Waals surface area contributed by atoms with E-state index in [1.165, 1.54) is 5.56 Å². The lowest BCUT2D eigenvalue weighted by Gasteiger charge is -2.19. The van der Waals surface area contributed by atoms with Gasteiger partial charge in [0.05, 0.1) is 11.7 Å². The third-order valence-corrected chi connectivity index (χ3v) is 3.80. The van der Waals surface area contributed by atoms with Gasteiger partial charge in [-0.25, -0.2) is 0 Å². The number of rotatable bonds is 5.